The predicted molar refractivity (Wildman–Crippen MR) is 119 cm³/mol. The van der Waals surface area contributed by atoms with Crippen LogP contribution >= 0.6 is 11.8 Å². The second kappa shape index (κ2) is 9.04. The van der Waals surface area contributed by atoms with E-state index in [0.29, 0.717) is 29.3 Å². The zero-order valence-electron chi connectivity index (χ0n) is 17.4. The molecule has 158 valence electrons. The van der Waals surface area contributed by atoms with Crippen LogP contribution in [0.2, 0.25) is 0 Å². The minimum absolute atomic E-state index is 0.00705. The van der Waals surface area contributed by atoms with Gasteiger partial charge in [0.15, 0.2) is 10.7 Å². The Morgan fingerprint density at radius 2 is 1.97 bits per heavy atom. The van der Waals surface area contributed by atoms with E-state index in [0.717, 1.165) is 18.4 Å². The Kier molecular flexibility index (Phi) is 6.22. The highest BCUT2D eigenvalue weighted by atomic mass is 32.2. The van der Waals surface area contributed by atoms with Crippen molar-refractivity contribution in [1.82, 2.24) is 24.6 Å². The van der Waals surface area contributed by atoms with Crippen LogP contribution in [-0.2, 0) is 17.9 Å². The second-order valence-electron chi connectivity index (χ2n) is 7.83. The molecule has 1 aliphatic rings. The molecule has 3 aromatic rings. The van der Waals surface area contributed by atoms with E-state index >= 15 is 0 Å². The van der Waals surface area contributed by atoms with Crippen molar-refractivity contribution < 1.29 is 4.79 Å². The molecule has 0 unspecified atom stereocenters. The van der Waals surface area contributed by atoms with Crippen molar-refractivity contribution in [2.75, 3.05) is 5.75 Å². The van der Waals surface area contributed by atoms with Gasteiger partial charge in [-0.2, -0.15) is 5.10 Å². The molecule has 2 aromatic heterocycles. The quantitative estimate of drug-likeness (QED) is 0.465. The van der Waals surface area contributed by atoms with Crippen LogP contribution < -0.4 is 10.9 Å². The highest BCUT2D eigenvalue weighted by Gasteiger charge is 2.19. The summed E-state index contributed by atoms with van der Waals surface area (Å²) < 4.78 is 3.35. The molecule has 0 spiro atoms. The summed E-state index contributed by atoms with van der Waals surface area (Å²) >= 11 is 1.31. The summed E-state index contributed by atoms with van der Waals surface area (Å²) in [5.74, 6) is 0.233. The van der Waals surface area contributed by atoms with Crippen LogP contribution in [0.4, 0.5) is 0 Å². The lowest BCUT2D eigenvalue weighted by molar-refractivity contribution is -0.119. The Balaban J connectivity index is 1.62. The molecule has 0 atom stereocenters. The van der Waals surface area contributed by atoms with E-state index in [1.807, 2.05) is 38.1 Å². The van der Waals surface area contributed by atoms with E-state index in [1.54, 1.807) is 15.4 Å². The van der Waals surface area contributed by atoms with Crippen molar-refractivity contribution in [2.45, 2.75) is 63.8 Å². The van der Waals surface area contributed by atoms with Crippen LogP contribution in [-0.4, -0.2) is 37.0 Å². The number of hydrogen-bond donors (Lipinski definition) is 1. The Morgan fingerprint density at radius 1 is 1.23 bits per heavy atom. The van der Waals surface area contributed by atoms with Crippen LogP contribution in [0.25, 0.3) is 11.0 Å². The van der Waals surface area contributed by atoms with Crippen molar-refractivity contribution in [3.05, 3.63) is 51.9 Å². The molecule has 0 radical (unpaired) electrons. The zero-order chi connectivity index (χ0) is 21.1. The highest BCUT2D eigenvalue weighted by molar-refractivity contribution is 7.99. The number of amides is 1. The van der Waals surface area contributed by atoms with E-state index in [2.05, 4.69) is 15.4 Å². The molecule has 1 N–H and O–H groups in total. The third kappa shape index (κ3) is 4.59. The van der Waals surface area contributed by atoms with Crippen molar-refractivity contribution in [3.8, 4) is 0 Å². The van der Waals surface area contributed by atoms with E-state index in [-0.39, 0.29) is 23.3 Å². The predicted octanol–water partition coefficient (Wildman–Crippen LogP) is 3.12. The highest BCUT2D eigenvalue weighted by Crippen LogP contribution is 2.21. The smallest absolute Gasteiger partial charge is 0.282 e. The fourth-order valence-corrected chi connectivity index (χ4v) is 4.59. The number of benzene rings is 1. The summed E-state index contributed by atoms with van der Waals surface area (Å²) in [6.45, 7) is 5.07. The van der Waals surface area contributed by atoms with Crippen LogP contribution in [0.3, 0.4) is 0 Å². The first-order chi connectivity index (χ1) is 14.5. The maximum Gasteiger partial charge on any atom is 0.282 e. The van der Waals surface area contributed by atoms with Crippen molar-refractivity contribution in [2.24, 2.45) is 0 Å². The Hall–Kier alpha value is -2.61. The van der Waals surface area contributed by atoms with Crippen LogP contribution in [0.15, 0.2) is 40.4 Å². The van der Waals surface area contributed by atoms with Gasteiger partial charge in [0, 0.05) is 12.6 Å². The van der Waals surface area contributed by atoms with Crippen LogP contribution in [0, 0.1) is 6.92 Å². The van der Waals surface area contributed by atoms with Crippen molar-refractivity contribution in [1.29, 1.82) is 0 Å². The van der Waals surface area contributed by atoms with E-state index in [4.69, 9.17) is 0 Å². The molecular weight excluding hydrogens is 398 g/mol. The minimum atomic E-state index is -0.175. The van der Waals surface area contributed by atoms with Crippen LogP contribution in [0.1, 0.15) is 43.7 Å². The van der Waals surface area contributed by atoms with Gasteiger partial charge in [0.05, 0.1) is 18.5 Å². The summed E-state index contributed by atoms with van der Waals surface area (Å²) in [6.07, 6.45) is 6.24. The normalized spacial score (nSPS) is 14.5. The molecule has 0 saturated heterocycles. The Morgan fingerprint density at radius 3 is 2.67 bits per heavy atom. The number of carbonyl (C=O) groups is 1. The van der Waals surface area contributed by atoms with E-state index < -0.39 is 0 Å². The molecule has 0 bridgehead atoms. The second-order valence-corrected chi connectivity index (χ2v) is 8.77. The van der Waals surface area contributed by atoms with Gasteiger partial charge in [-0.1, -0.05) is 54.4 Å². The lowest BCUT2D eigenvalue weighted by atomic mass is 10.1. The molecule has 4 rings (SSSR count). The zero-order valence-corrected chi connectivity index (χ0v) is 18.2. The molecule has 30 heavy (non-hydrogen) atoms. The molecular formula is C22H27N5O2S. The molecule has 0 aliphatic heterocycles. The maximum atomic E-state index is 13.2. The summed E-state index contributed by atoms with van der Waals surface area (Å²) in [4.78, 5) is 30.3. The first kappa shape index (κ1) is 20.7. The standard InChI is InChI=1S/C22H27N5O2S/c1-3-26-13-18-20(25-26)21(29)27(12-16-10-8-15(2)9-11-16)22(24-18)30-14-19(28)23-17-6-4-5-7-17/h8-11,13,17H,3-7,12,14H2,1-2H3,(H,23,28). The van der Waals surface area contributed by atoms with Gasteiger partial charge in [-0.3, -0.25) is 18.8 Å². The van der Waals surface area contributed by atoms with Crippen molar-refractivity contribution in [3.63, 3.8) is 0 Å². The van der Waals surface area contributed by atoms with Gasteiger partial charge < -0.3 is 5.32 Å². The number of nitrogens with one attached hydrogen (secondary N) is 1. The Bertz CT molecular complexity index is 1100. The monoisotopic (exact) mass is 425 g/mol. The average molecular weight is 426 g/mol. The lowest BCUT2D eigenvalue weighted by Crippen LogP contribution is -2.34. The third-order valence-electron chi connectivity index (χ3n) is 5.48. The molecule has 7 nitrogen and oxygen atoms in total. The SMILES string of the molecule is CCn1cc2nc(SCC(=O)NC3CCCC3)n(Cc3ccc(C)cc3)c(=O)c2n1. The summed E-state index contributed by atoms with van der Waals surface area (Å²) in [5.41, 5.74) is 2.94. The lowest BCUT2D eigenvalue weighted by Gasteiger charge is -2.14. The van der Waals surface area contributed by atoms with Gasteiger partial charge in [-0.25, -0.2) is 4.98 Å². The van der Waals surface area contributed by atoms with Gasteiger partial charge in [-0.05, 0) is 32.3 Å². The number of aryl methyl sites for hydroxylation is 2. The van der Waals surface area contributed by atoms with E-state index in [9.17, 15) is 9.59 Å². The van der Waals surface area contributed by atoms with Gasteiger partial charge in [-0.15, -0.1) is 0 Å². The molecule has 1 saturated carbocycles. The first-order valence-electron chi connectivity index (χ1n) is 10.5. The molecule has 1 fully saturated rings. The van der Waals surface area contributed by atoms with Crippen molar-refractivity contribution >= 4 is 28.7 Å². The number of thioether (sulfide) groups is 1. The molecule has 1 amide bonds. The molecule has 1 aromatic carbocycles. The number of aromatic nitrogens is 4. The number of hydrogen-bond acceptors (Lipinski definition) is 5. The maximum absolute atomic E-state index is 13.2. The van der Waals surface area contributed by atoms with Crippen LogP contribution in [0.5, 0.6) is 0 Å². The molecule has 2 heterocycles. The average Bonchev–Trinajstić information content (AvgIpc) is 3.40. The molecule has 8 heteroatoms. The summed E-state index contributed by atoms with van der Waals surface area (Å²) in [7, 11) is 0. The minimum Gasteiger partial charge on any atom is -0.353 e. The Labute approximate surface area is 179 Å². The number of rotatable bonds is 7. The van der Waals surface area contributed by atoms with E-state index in [1.165, 1.54) is 30.2 Å². The first-order valence-corrected chi connectivity index (χ1v) is 11.5. The summed E-state index contributed by atoms with van der Waals surface area (Å²) in [5, 5.41) is 8.03. The topological polar surface area (TPSA) is 81.8 Å². The number of nitrogens with zero attached hydrogens (tertiary/aromatic N) is 4. The van der Waals surface area contributed by atoms with Gasteiger partial charge in [0.2, 0.25) is 5.91 Å². The fraction of sp³-hybridized carbons (Fsp3) is 0.455. The third-order valence-corrected chi connectivity index (χ3v) is 6.45. The number of fused-ring (bicyclic) bond motifs is 1. The van der Waals surface area contributed by atoms with Gasteiger partial charge >= 0.3 is 0 Å². The largest absolute Gasteiger partial charge is 0.353 e. The van der Waals surface area contributed by atoms with Gasteiger partial charge in [0.25, 0.3) is 5.56 Å². The number of carbonyl (C=O) groups excluding carboxylic acids is 1. The summed E-state index contributed by atoms with van der Waals surface area (Å²) in [6, 6.07) is 8.36. The molecule has 1 aliphatic carbocycles. The fourth-order valence-electron chi connectivity index (χ4n) is 3.78. The van der Waals surface area contributed by atoms with Gasteiger partial charge in [0.1, 0.15) is 5.52 Å².